The Bertz CT molecular complexity index is 513. The minimum atomic E-state index is -0.00882. The van der Waals surface area contributed by atoms with Crippen molar-refractivity contribution < 1.29 is 4.79 Å². The second-order valence-electron chi connectivity index (χ2n) is 3.62. The van der Waals surface area contributed by atoms with Crippen molar-refractivity contribution in [1.82, 2.24) is 9.88 Å². The number of rotatable bonds is 3. The number of thiazole rings is 1. The molecule has 5 heteroatoms. The van der Waals surface area contributed by atoms with Crippen molar-refractivity contribution in [3.63, 3.8) is 0 Å². The molecule has 0 aliphatic rings. The minimum Gasteiger partial charge on any atom is -0.336 e. The standard InChI is InChI=1S/C12H11BrN2OS/c1-15(6-9-7-17-8-14-9)12(16)10-4-2-3-5-11(10)13/h2-5,7-8H,6H2,1H3. The van der Waals surface area contributed by atoms with Crippen LogP contribution in [0.2, 0.25) is 0 Å². The molecule has 3 nitrogen and oxygen atoms in total. The second-order valence-corrected chi connectivity index (χ2v) is 5.19. The van der Waals surface area contributed by atoms with Crippen molar-refractivity contribution in [2.75, 3.05) is 7.05 Å². The molecule has 0 spiro atoms. The average Bonchev–Trinajstić information content (AvgIpc) is 2.81. The normalized spacial score (nSPS) is 10.2. The van der Waals surface area contributed by atoms with Gasteiger partial charge in [-0.05, 0) is 28.1 Å². The van der Waals surface area contributed by atoms with E-state index in [0.29, 0.717) is 12.1 Å². The highest BCUT2D eigenvalue weighted by atomic mass is 79.9. The molecule has 88 valence electrons. The largest absolute Gasteiger partial charge is 0.336 e. The van der Waals surface area contributed by atoms with Crippen molar-refractivity contribution in [2.45, 2.75) is 6.54 Å². The Kier molecular flexibility index (Phi) is 3.91. The maximum absolute atomic E-state index is 12.2. The number of hydrogen-bond donors (Lipinski definition) is 0. The maximum Gasteiger partial charge on any atom is 0.255 e. The zero-order chi connectivity index (χ0) is 12.3. The zero-order valence-electron chi connectivity index (χ0n) is 9.26. The van der Waals surface area contributed by atoms with Crippen LogP contribution >= 0.6 is 27.3 Å². The van der Waals surface area contributed by atoms with E-state index in [1.165, 1.54) is 11.3 Å². The first-order valence-electron chi connectivity index (χ1n) is 5.05. The minimum absolute atomic E-state index is 0.00882. The van der Waals surface area contributed by atoms with E-state index in [1.54, 1.807) is 17.5 Å². The molecule has 0 bridgehead atoms. The Hall–Kier alpha value is -1.20. The fourth-order valence-electron chi connectivity index (χ4n) is 1.47. The first kappa shape index (κ1) is 12.3. The van der Waals surface area contributed by atoms with E-state index in [9.17, 15) is 4.79 Å². The summed E-state index contributed by atoms with van der Waals surface area (Å²) in [5, 5.41) is 1.95. The van der Waals surface area contributed by atoms with E-state index in [4.69, 9.17) is 0 Å². The van der Waals surface area contributed by atoms with Gasteiger partial charge in [-0.15, -0.1) is 11.3 Å². The number of nitrogens with zero attached hydrogens (tertiary/aromatic N) is 2. The molecule has 0 aliphatic heterocycles. The van der Waals surface area contributed by atoms with Gasteiger partial charge in [0.05, 0.1) is 23.3 Å². The van der Waals surface area contributed by atoms with Crippen molar-refractivity contribution in [1.29, 1.82) is 0 Å². The van der Waals surface area contributed by atoms with Gasteiger partial charge in [-0.2, -0.15) is 0 Å². The van der Waals surface area contributed by atoms with Gasteiger partial charge in [0.2, 0.25) is 0 Å². The second kappa shape index (κ2) is 5.42. The smallest absolute Gasteiger partial charge is 0.255 e. The molecule has 2 rings (SSSR count). The summed E-state index contributed by atoms with van der Waals surface area (Å²) >= 11 is 4.92. The van der Waals surface area contributed by atoms with E-state index in [0.717, 1.165) is 10.2 Å². The van der Waals surface area contributed by atoms with Crippen LogP contribution in [0.25, 0.3) is 0 Å². The molecule has 0 unspecified atom stereocenters. The lowest BCUT2D eigenvalue weighted by atomic mass is 10.2. The molecule has 0 saturated carbocycles. The van der Waals surface area contributed by atoms with Gasteiger partial charge in [0.15, 0.2) is 0 Å². The van der Waals surface area contributed by atoms with E-state index in [1.807, 2.05) is 29.6 Å². The van der Waals surface area contributed by atoms with E-state index >= 15 is 0 Å². The summed E-state index contributed by atoms with van der Waals surface area (Å²) in [7, 11) is 1.78. The summed E-state index contributed by atoms with van der Waals surface area (Å²) in [5.41, 5.74) is 3.36. The summed E-state index contributed by atoms with van der Waals surface area (Å²) < 4.78 is 0.815. The lowest BCUT2D eigenvalue weighted by molar-refractivity contribution is 0.0783. The molecule has 0 aliphatic carbocycles. The highest BCUT2D eigenvalue weighted by Gasteiger charge is 2.14. The molecular weight excluding hydrogens is 300 g/mol. The van der Waals surface area contributed by atoms with Crippen LogP contribution in [-0.4, -0.2) is 22.8 Å². The Morgan fingerprint density at radius 3 is 2.88 bits per heavy atom. The Balaban J connectivity index is 2.13. The number of hydrogen-bond acceptors (Lipinski definition) is 3. The molecule has 1 heterocycles. The molecule has 1 amide bonds. The van der Waals surface area contributed by atoms with Gasteiger partial charge in [-0.25, -0.2) is 4.98 Å². The van der Waals surface area contributed by atoms with E-state index in [-0.39, 0.29) is 5.91 Å². The zero-order valence-corrected chi connectivity index (χ0v) is 11.7. The van der Waals surface area contributed by atoms with Gasteiger partial charge in [0, 0.05) is 16.9 Å². The predicted molar refractivity (Wildman–Crippen MR) is 72.1 cm³/mol. The number of carbonyl (C=O) groups excluding carboxylic acids is 1. The molecule has 1 aromatic carbocycles. The van der Waals surface area contributed by atoms with Gasteiger partial charge in [-0.3, -0.25) is 4.79 Å². The highest BCUT2D eigenvalue weighted by Crippen LogP contribution is 2.18. The first-order valence-corrected chi connectivity index (χ1v) is 6.79. The maximum atomic E-state index is 12.2. The molecule has 0 N–H and O–H groups in total. The van der Waals surface area contributed by atoms with Gasteiger partial charge in [-0.1, -0.05) is 12.1 Å². The van der Waals surface area contributed by atoms with Crippen molar-refractivity contribution in [3.8, 4) is 0 Å². The Morgan fingerprint density at radius 1 is 1.47 bits per heavy atom. The van der Waals surface area contributed by atoms with Crippen LogP contribution in [0, 0.1) is 0 Å². The SMILES string of the molecule is CN(Cc1cscn1)C(=O)c1ccccc1Br. The summed E-state index contributed by atoms with van der Waals surface area (Å²) in [4.78, 5) is 18.0. The third kappa shape index (κ3) is 2.92. The molecular formula is C12H11BrN2OS. The molecule has 1 aromatic heterocycles. The monoisotopic (exact) mass is 310 g/mol. The lowest BCUT2D eigenvalue weighted by Crippen LogP contribution is -2.26. The third-order valence-electron chi connectivity index (χ3n) is 2.33. The van der Waals surface area contributed by atoms with Gasteiger partial charge in [0.1, 0.15) is 0 Å². The van der Waals surface area contributed by atoms with Gasteiger partial charge >= 0.3 is 0 Å². The molecule has 0 atom stereocenters. The topological polar surface area (TPSA) is 33.2 Å². The van der Waals surface area contributed by atoms with Crippen LogP contribution in [-0.2, 0) is 6.54 Å². The van der Waals surface area contributed by atoms with Crippen LogP contribution < -0.4 is 0 Å². The van der Waals surface area contributed by atoms with Crippen LogP contribution in [0.3, 0.4) is 0 Å². The number of aromatic nitrogens is 1. The van der Waals surface area contributed by atoms with Crippen molar-refractivity contribution >= 4 is 33.2 Å². The van der Waals surface area contributed by atoms with Crippen LogP contribution in [0.4, 0.5) is 0 Å². The molecule has 17 heavy (non-hydrogen) atoms. The number of halogens is 1. The highest BCUT2D eigenvalue weighted by molar-refractivity contribution is 9.10. The van der Waals surface area contributed by atoms with E-state index in [2.05, 4.69) is 20.9 Å². The van der Waals surface area contributed by atoms with Crippen LogP contribution in [0.5, 0.6) is 0 Å². The van der Waals surface area contributed by atoms with Crippen molar-refractivity contribution in [3.05, 3.63) is 50.9 Å². The number of amides is 1. The molecule has 0 fully saturated rings. The quantitative estimate of drug-likeness (QED) is 0.872. The van der Waals surface area contributed by atoms with Crippen LogP contribution in [0.1, 0.15) is 16.1 Å². The fourth-order valence-corrected chi connectivity index (χ4v) is 2.47. The molecule has 0 saturated heterocycles. The fraction of sp³-hybridized carbons (Fsp3) is 0.167. The van der Waals surface area contributed by atoms with Gasteiger partial charge in [0.25, 0.3) is 5.91 Å². The number of benzene rings is 1. The third-order valence-corrected chi connectivity index (χ3v) is 3.66. The lowest BCUT2D eigenvalue weighted by Gasteiger charge is -2.16. The van der Waals surface area contributed by atoms with Gasteiger partial charge < -0.3 is 4.90 Å². The van der Waals surface area contributed by atoms with E-state index < -0.39 is 0 Å². The predicted octanol–water partition coefficient (Wildman–Crippen LogP) is 3.18. The number of carbonyl (C=O) groups is 1. The van der Waals surface area contributed by atoms with Crippen LogP contribution in [0.15, 0.2) is 39.6 Å². The van der Waals surface area contributed by atoms with Crippen molar-refractivity contribution in [2.24, 2.45) is 0 Å². The Labute approximate surface area is 112 Å². The Morgan fingerprint density at radius 2 is 2.24 bits per heavy atom. The molecule has 2 aromatic rings. The summed E-state index contributed by atoms with van der Waals surface area (Å²) in [6.45, 7) is 0.531. The first-order chi connectivity index (χ1) is 8.18. The summed E-state index contributed by atoms with van der Waals surface area (Å²) in [5.74, 6) is -0.00882. The summed E-state index contributed by atoms with van der Waals surface area (Å²) in [6, 6.07) is 7.42. The summed E-state index contributed by atoms with van der Waals surface area (Å²) in [6.07, 6.45) is 0. The average molecular weight is 311 g/mol. The molecule has 0 radical (unpaired) electrons.